The number of rotatable bonds is 5. The number of carboxylic acids is 1. The van der Waals surface area contributed by atoms with E-state index in [0.29, 0.717) is 12.5 Å². The van der Waals surface area contributed by atoms with E-state index in [1.54, 1.807) is 6.92 Å². The molecule has 0 aromatic rings. The van der Waals surface area contributed by atoms with Crippen molar-refractivity contribution in [2.45, 2.75) is 51.1 Å². The van der Waals surface area contributed by atoms with Crippen molar-refractivity contribution in [3.63, 3.8) is 0 Å². The van der Waals surface area contributed by atoms with E-state index in [1.165, 1.54) is 0 Å². The van der Waals surface area contributed by atoms with Gasteiger partial charge in [-0.3, -0.25) is 10.1 Å². The first kappa shape index (κ1) is 12.8. The van der Waals surface area contributed by atoms with E-state index in [-0.39, 0.29) is 0 Å². The maximum absolute atomic E-state index is 11.2. The Bertz CT molecular complexity index is 217. The van der Waals surface area contributed by atoms with Gasteiger partial charge >= 0.3 is 5.97 Å². The largest absolute Gasteiger partial charge is 0.480 e. The normalized spacial score (nSPS) is 22.3. The second kappa shape index (κ2) is 5.75. The van der Waals surface area contributed by atoms with Crippen LogP contribution in [0.25, 0.3) is 0 Å². The number of hydrogen-bond donors (Lipinski definition) is 2. The Morgan fingerprint density at radius 1 is 1.53 bits per heavy atom. The molecule has 3 nitrogen and oxygen atoms in total. The van der Waals surface area contributed by atoms with Crippen LogP contribution in [0.4, 0.5) is 0 Å². The van der Waals surface area contributed by atoms with E-state index in [9.17, 15) is 9.90 Å². The third-order valence-corrected chi connectivity index (χ3v) is 4.01. The molecule has 1 fully saturated rings. The summed E-state index contributed by atoms with van der Waals surface area (Å²) >= 11 is 1.96. The van der Waals surface area contributed by atoms with E-state index < -0.39 is 11.5 Å². The molecular formula is C11H21NO2S. The summed E-state index contributed by atoms with van der Waals surface area (Å²) in [5, 5.41) is 12.5. The number of carbonyl (C=O) groups is 1. The highest BCUT2D eigenvalue weighted by Gasteiger charge is 2.34. The highest BCUT2D eigenvalue weighted by atomic mass is 32.2. The van der Waals surface area contributed by atoms with Crippen LogP contribution in [0.15, 0.2) is 0 Å². The van der Waals surface area contributed by atoms with Crippen LogP contribution in [-0.4, -0.2) is 34.2 Å². The number of aliphatic carboxylic acids is 1. The molecule has 0 aromatic carbocycles. The van der Waals surface area contributed by atoms with Crippen molar-refractivity contribution in [3.05, 3.63) is 0 Å². The summed E-state index contributed by atoms with van der Waals surface area (Å²) in [6.45, 7) is 3.83. The minimum absolute atomic E-state index is 0.388. The van der Waals surface area contributed by atoms with Gasteiger partial charge in [0.25, 0.3) is 0 Å². The average molecular weight is 231 g/mol. The van der Waals surface area contributed by atoms with Crippen LogP contribution in [0.3, 0.4) is 0 Å². The van der Waals surface area contributed by atoms with Crippen molar-refractivity contribution < 1.29 is 9.90 Å². The third kappa shape index (κ3) is 3.68. The zero-order chi connectivity index (χ0) is 11.3. The van der Waals surface area contributed by atoms with Gasteiger partial charge in [-0.2, -0.15) is 11.8 Å². The summed E-state index contributed by atoms with van der Waals surface area (Å²) in [5.74, 6) is 1.58. The van der Waals surface area contributed by atoms with Crippen molar-refractivity contribution in [1.82, 2.24) is 5.32 Å². The minimum atomic E-state index is -0.735. The molecule has 1 heterocycles. The summed E-state index contributed by atoms with van der Waals surface area (Å²) in [6.07, 6.45) is 3.79. The van der Waals surface area contributed by atoms with Crippen molar-refractivity contribution >= 4 is 17.7 Å². The van der Waals surface area contributed by atoms with Gasteiger partial charge < -0.3 is 5.11 Å². The third-order valence-electron chi connectivity index (χ3n) is 2.97. The van der Waals surface area contributed by atoms with Crippen molar-refractivity contribution in [3.8, 4) is 0 Å². The fraction of sp³-hybridized carbons (Fsp3) is 0.909. The van der Waals surface area contributed by atoms with Crippen LogP contribution in [0.2, 0.25) is 0 Å². The average Bonchev–Trinajstić information content (AvgIpc) is 2.19. The molecule has 1 aliphatic rings. The van der Waals surface area contributed by atoms with Crippen LogP contribution >= 0.6 is 11.8 Å². The molecule has 0 bridgehead atoms. The van der Waals surface area contributed by atoms with Crippen LogP contribution < -0.4 is 5.32 Å². The van der Waals surface area contributed by atoms with E-state index in [4.69, 9.17) is 0 Å². The van der Waals surface area contributed by atoms with Gasteiger partial charge in [-0.1, -0.05) is 13.3 Å². The summed E-state index contributed by atoms with van der Waals surface area (Å²) in [4.78, 5) is 11.2. The minimum Gasteiger partial charge on any atom is -0.480 e. The van der Waals surface area contributed by atoms with Gasteiger partial charge in [0.05, 0.1) is 0 Å². The molecule has 0 aromatic heterocycles. The van der Waals surface area contributed by atoms with Crippen LogP contribution in [-0.2, 0) is 4.79 Å². The summed E-state index contributed by atoms with van der Waals surface area (Å²) in [7, 11) is 0. The van der Waals surface area contributed by atoms with Gasteiger partial charge in [-0.05, 0) is 37.7 Å². The van der Waals surface area contributed by atoms with E-state index in [1.807, 2.05) is 18.7 Å². The zero-order valence-corrected chi connectivity index (χ0v) is 10.4. The summed E-state index contributed by atoms with van der Waals surface area (Å²) < 4.78 is 0. The lowest BCUT2D eigenvalue weighted by molar-refractivity contribution is -0.144. The van der Waals surface area contributed by atoms with Crippen molar-refractivity contribution in [1.29, 1.82) is 0 Å². The topological polar surface area (TPSA) is 49.3 Å². The van der Waals surface area contributed by atoms with Gasteiger partial charge in [0.15, 0.2) is 0 Å². The fourth-order valence-electron chi connectivity index (χ4n) is 2.03. The highest BCUT2D eigenvalue weighted by Crippen LogP contribution is 2.21. The van der Waals surface area contributed by atoms with Crippen molar-refractivity contribution in [2.24, 2.45) is 0 Å². The van der Waals surface area contributed by atoms with Gasteiger partial charge in [0.1, 0.15) is 5.54 Å². The molecule has 2 N–H and O–H groups in total. The molecule has 88 valence electrons. The maximum atomic E-state index is 11.2. The monoisotopic (exact) mass is 231 g/mol. The molecule has 1 unspecified atom stereocenters. The van der Waals surface area contributed by atoms with Crippen LogP contribution in [0, 0.1) is 0 Å². The lowest BCUT2D eigenvalue weighted by atomic mass is 9.94. The van der Waals surface area contributed by atoms with Gasteiger partial charge in [-0.15, -0.1) is 0 Å². The second-order valence-electron chi connectivity index (χ2n) is 4.42. The van der Waals surface area contributed by atoms with Crippen molar-refractivity contribution in [2.75, 3.05) is 11.5 Å². The summed E-state index contributed by atoms with van der Waals surface area (Å²) in [5.41, 5.74) is -0.735. The maximum Gasteiger partial charge on any atom is 0.323 e. The zero-order valence-electron chi connectivity index (χ0n) is 9.58. The SMILES string of the molecule is CCCC(C)(NC1CCSCC1)C(=O)O. The Hall–Kier alpha value is -0.220. The molecule has 15 heavy (non-hydrogen) atoms. The molecule has 1 atom stereocenters. The first-order valence-corrected chi connectivity index (χ1v) is 6.83. The predicted molar refractivity (Wildman–Crippen MR) is 64.4 cm³/mol. The Labute approximate surface area is 96.0 Å². The molecule has 1 saturated heterocycles. The molecule has 0 radical (unpaired) electrons. The van der Waals surface area contributed by atoms with Crippen LogP contribution in [0.1, 0.15) is 39.5 Å². The molecule has 0 aliphatic carbocycles. The lowest BCUT2D eigenvalue weighted by Crippen LogP contribution is -2.54. The Morgan fingerprint density at radius 2 is 2.13 bits per heavy atom. The van der Waals surface area contributed by atoms with Gasteiger partial charge in [0, 0.05) is 6.04 Å². The van der Waals surface area contributed by atoms with Gasteiger partial charge in [-0.25, -0.2) is 0 Å². The number of carboxylic acid groups (broad SMARTS) is 1. The quantitative estimate of drug-likeness (QED) is 0.761. The number of hydrogen-bond acceptors (Lipinski definition) is 3. The molecule has 0 saturated carbocycles. The number of thioether (sulfide) groups is 1. The first-order chi connectivity index (χ1) is 7.08. The Morgan fingerprint density at radius 3 is 2.60 bits per heavy atom. The standard InChI is InChI=1S/C11H21NO2S/c1-3-6-11(2,10(13)14)12-9-4-7-15-8-5-9/h9,12H,3-8H2,1-2H3,(H,13,14). The Kier molecular flexibility index (Phi) is 4.93. The lowest BCUT2D eigenvalue weighted by Gasteiger charge is -2.33. The molecule has 0 amide bonds. The molecular weight excluding hydrogens is 210 g/mol. The molecule has 1 rings (SSSR count). The second-order valence-corrected chi connectivity index (χ2v) is 5.64. The highest BCUT2D eigenvalue weighted by molar-refractivity contribution is 7.99. The predicted octanol–water partition coefficient (Wildman–Crippen LogP) is 2.11. The van der Waals surface area contributed by atoms with E-state index >= 15 is 0 Å². The van der Waals surface area contributed by atoms with Crippen LogP contribution in [0.5, 0.6) is 0 Å². The van der Waals surface area contributed by atoms with E-state index in [2.05, 4.69) is 5.32 Å². The number of nitrogens with one attached hydrogen (secondary N) is 1. The van der Waals surface area contributed by atoms with Gasteiger partial charge in [0.2, 0.25) is 0 Å². The molecule has 1 aliphatic heterocycles. The summed E-state index contributed by atoms with van der Waals surface area (Å²) in [6, 6.07) is 0.388. The Balaban J connectivity index is 2.52. The smallest absolute Gasteiger partial charge is 0.323 e. The molecule has 0 spiro atoms. The fourth-order valence-corrected chi connectivity index (χ4v) is 3.14. The van der Waals surface area contributed by atoms with E-state index in [0.717, 1.165) is 30.8 Å². The molecule has 4 heteroatoms. The first-order valence-electron chi connectivity index (χ1n) is 5.67.